The smallest absolute Gasteiger partial charge is 0.269 e. The number of hydrogen-bond donors (Lipinski definition) is 2. The fraction of sp³-hybridized carbons (Fsp3) is 0.438. The zero-order chi connectivity index (χ0) is 16.6. The van der Waals surface area contributed by atoms with Crippen LogP contribution >= 0.6 is 11.3 Å². The van der Waals surface area contributed by atoms with Crippen LogP contribution in [0.3, 0.4) is 0 Å². The number of carbonyl (C=O) groups is 2. The number of primary amides is 1. The summed E-state index contributed by atoms with van der Waals surface area (Å²) in [5.41, 5.74) is 7.16. The number of aromatic amines is 1. The number of nitrogens with zero attached hydrogens (tertiary/aromatic N) is 2. The highest BCUT2D eigenvalue weighted by Gasteiger charge is 2.28. The number of likely N-dealkylation sites (tertiary alicyclic amines) is 1. The summed E-state index contributed by atoms with van der Waals surface area (Å²) in [5.74, 6) is -0.292. The Balaban J connectivity index is 1.76. The summed E-state index contributed by atoms with van der Waals surface area (Å²) < 4.78 is 0. The molecule has 3 rings (SSSR count). The highest BCUT2D eigenvalue weighted by atomic mass is 32.1. The second-order valence-electron chi connectivity index (χ2n) is 5.99. The van der Waals surface area contributed by atoms with Crippen molar-refractivity contribution in [1.82, 2.24) is 15.1 Å². The number of aryl methyl sites for hydroxylation is 2. The molecule has 0 aromatic carbocycles. The van der Waals surface area contributed by atoms with Gasteiger partial charge in [-0.15, -0.1) is 11.3 Å². The molecule has 1 fully saturated rings. The predicted molar refractivity (Wildman–Crippen MR) is 88.8 cm³/mol. The SMILES string of the molecule is Cc1cc(C(=O)N2CCCC(c3cc(C(N)=O)n[nH]3)C2)c(C)s1. The molecule has 1 saturated heterocycles. The minimum atomic E-state index is -0.541. The highest BCUT2D eigenvalue weighted by molar-refractivity contribution is 7.12. The lowest BCUT2D eigenvalue weighted by molar-refractivity contribution is 0.0705. The van der Waals surface area contributed by atoms with Crippen molar-refractivity contribution in [2.24, 2.45) is 5.73 Å². The second kappa shape index (κ2) is 6.16. The quantitative estimate of drug-likeness (QED) is 0.902. The van der Waals surface area contributed by atoms with Gasteiger partial charge in [0.1, 0.15) is 5.69 Å². The van der Waals surface area contributed by atoms with E-state index < -0.39 is 5.91 Å². The molecule has 0 spiro atoms. The molecule has 7 heteroatoms. The number of H-pyrrole nitrogens is 1. The lowest BCUT2D eigenvalue weighted by Crippen LogP contribution is -2.39. The van der Waals surface area contributed by atoms with E-state index in [2.05, 4.69) is 10.2 Å². The maximum absolute atomic E-state index is 12.8. The lowest BCUT2D eigenvalue weighted by atomic mass is 9.94. The molecule has 0 aliphatic carbocycles. The zero-order valence-corrected chi connectivity index (χ0v) is 14.1. The maximum Gasteiger partial charge on any atom is 0.269 e. The molecule has 0 bridgehead atoms. The normalized spacial score (nSPS) is 18.2. The Labute approximate surface area is 138 Å². The van der Waals surface area contributed by atoms with Crippen molar-refractivity contribution in [1.29, 1.82) is 0 Å². The third-order valence-corrected chi connectivity index (χ3v) is 5.24. The second-order valence-corrected chi connectivity index (χ2v) is 7.45. The van der Waals surface area contributed by atoms with Crippen molar-refractivity contribution in [2.45, 2.75) is 32.6 Å². The molecule has 3 heterocycles. The van der Waals surface area contributed by atoms with Gasteiger partial charge in [0.15, 0.2) is 0 Å². The van der Waals surface area contributed by atoms with Gasteiger partial charge in [-0.25, -0.2) is 0 Å². The average molecular weight is 332 g/mol. The average Bonchev–Trinajstić information content (AvgIpc) is 3.13. The van der Waals surface area contributed by atoms with Gasteiger partial charge in [-0.1, -0.05) is 0 Å². The van der Waals surface area contributed by atoms with Crippen LogP contribution in [-0.4, -0.2) is 40.0 Å². The minimum Gasteiger partial charge on any atom is -0.364 e. The van der Waals surface area contributed by atoms with Crippen molar-refractivity contribution in [3.8, 4) is 0 Å². The van der Waals surface area contributed by atoms with Gasteiger partial charge in [-0.3, -0.25) is 14.7 Å². The number of hydrogen-bond acceptors (Lipinski definition) is 4. The van der Waals surface area contributed by atoms with Gasteiger partial charge in [-0.05, 0) is 38.8 Å². The van der Waals surface area contributed by atoms with Crippen LogP contribution in [0, 0.1) is 13.8 Å². The van der Waals surface area contributed by atoms with Crippen molar-refractivity contribution in [2.75, 3.05) is 13.1 Å². The summed E-state index contributed by atoms with van der Waals surface area (Å²) in [6.45, 7) is 5.40. The molecule has 1 aliphatic rings. The summed E-state index contributed by atoms with van der Waals surface area (Å²) >= 11 is 1.65. The van der Waals surface area contributed by atoms with Crippen molar-refractivity contribution in [3.05, 3.63) is 38.8 Å². The van der Waals surface area contributed by atoms with Crippen LogP contribution in [-0.2, 0) is 0 Å². The van der Waals surface area contributed by atoms with Crippen molar-refractivity contribution < 1.29 is 9.59 Å². The standard InChI is InChI=1S/C16H20N4O2S/c1-9-6-12(10(2)23-9)16(22)20-5-3-4-11(8-20)13-7-14(15(17)21)19-18-13/h6-7,11H,3-5,8H2,1-2H3,(H2,17,21)(H,18,19). The van der Waals surface area contributed by atoms with E-state index in [0.29, 0.717) is 6.54 Å². The van der Waals surface area contributed by atoms with E-state index >= 15 is 0 Å². The number of piperidine rings is 1. The largest absolute Gasteiger partial charge is 0.364 e. The first kappa shape index (κ1) is 15.7. The predicted octanol–water partition coefficient (Wildman–Crippen LogP) is 2.21. The van der Waals surface area contributed by atoms with E-state index in [4.69, 9.17) is 5.73 Å². The van der Waals surface area contributed by atoms with E-state index in [-0.39, 0.29) is 17.5 Å². The summed E-state index contributed by atoms with van der Waals surface area (Å²) in [6.07, 6.45) is 1.90. The third kappa shape index (κ3) is 3.14. The number of nitrogens with two attached hydrogens (primary N) is 1. The number of rotatable bonds is 3. The van der Waals surface area contributed by atoms with E-state index in [9.17, 15) is 9.59 Å². The molecule has 3 N–H and O–H groups in total. The van der Waals surface area contributed by atoms with Crippen molar-refractivity contribution in [3.63, 3.8) is 0 Å². The monoisotopic (exact) mass is 332 g/mol. The number of aromatic nitrogens is 2. The molecule has 0 radical (unpaired) electrons. The number of carbonyl (C=O) groups excluding carboxylic acids is 2. The molecule has 1 unspecified atom stereocenters. The first-order valence-corrected chi connectivity index (χ1v) is 8.48. The molecular weight excluding hydrogens is 312 g/mol. The van der Waals surface area contributed by atoms with Crippen LogP contribution < -0.4 is 5.73 Å². The van der Waals surface area contributed by atoms with Gasteiger partial charge in [0.2, 0.25) is 0 Å². The zero-order valence-electron chi connectivity index (χ0n) is 13.3. The molecule has 2 aromatic heterocycles. The Kier molecular flexibility index (Phi) is 4.21. The van der Waals surface area contributed by atoms with Gasteiger partial charge in [0, 0.05) is 34.5 Å². The lowest BCUT2D eigenvalue weighted by Gasteiger charge is -2.32. The summed E-state index contributed by atoms with van der Waals surface area (Å²) in [5, 5.41) is 6.82. The molecule has 2 amide bonds. The topological polar surface area (TPSA) is 92.1 Å². The van der Waals surface area contributed by atoms with Gasteiger partial charge < -0.3 is 10.6 Å². The number of nitrogens with one attached hydrogen (secondary N) is 1. The Morgan fingerprint density at radius 2 is 2.17 bits per heavy atom. The van der Waals surface area contributed by atoms with Crippen LogP contribution in [0.15, 0.2) is 12.1 Å². The molecule has 6 nitrogen and oxygen atoms in total. The molecule has 23 heavy (non-hydrogen) atoms. The van der Waals surface area contributed by atoms with E-state index in [1.807, 2.05) is 24.8 Å². The fourth-order valence-corrected chi connectivity index (χ4v) is 4.02. The van der Waals surface area contributed by atoms with E-state index in [1.165, 1.54) is 0 Å². The molecule has 1 atom stereocenters. The van der Waals surface area contributed by atoms with E-state index in [1.54, 1.807) is 17.4 Å². The fourth-order valence-electron chi connectivity index (χ4n) is 3.10. The maximum atomic E-state index is 12.8. The molecular formula is C16H20N4O2S. The van der Waals surface area contributed by atoms with Crippen LogP contribution in [0.1, 0.15) is 55.1 Å². The minimum absolute atomic E-state index is 0.0891. The summed E-state index contributed by atoms with van der Waals surface area (Å²) in [6, 6.07) is 3.66. The Morgan fingerprint density at radius 3 is 2.78 bits per heavy atom. The van der Waals surface area contributed by atoms with Crippen LogP contribution in [0.25, 0.3) is 0 Å². The van der Waals surface area contributed by atoms with Crippen molar-refractivity contribution >= 4 is 23.2 Å². The third-order valence-electron chi connectivity index (χ3n) is 4.27. The van der Waals surface area contributed by atoms with Crippen LogP contribution in [0.5, 0.6) is 0 Å². The van der Waals surface area contributed by atoms with Gasteiger partial charge in [-0.2, -0.15) is 5.10 Å². The Hall–Kier alpha value is -2.15. The molecule has 1 aliphatic heterocycles. The summed E-state index contributed by atoms with van der Waals surface area (Å²) in [4.78, 5) is 28.0. The first-order valence-electron chi connectivity index (χ1n) is 7.67. The molecule has 0 saturated carbocycles. The van der Waals surface area contributed by atoms with Gasteiger partial charge >= 0.3 is 0 Å². The first-order chi connectivity index (χ1) is 11.0. The Morgan fingerprint density at radius 1 is 1.39 bits per heavy atom. The van der Waals surface area contributed by atoms with Crippen LogP contribution in [0.4, 0.5) is 0 Å². The van der Waals surface area contributed by atoms with E-state index in [0.717, 1.165) is 40.4 Å². The molecule has 122 valence electrons. The Bertz CT molecular complexity index is 749. The number of amides is 2. The van der Waals surface area contributed by atoms with Gasteiger partial charge in [0.05, 0.1) is 5.56 Å². The van der Waals surface area contributed by atoms with Gasteiger partial charge in [0.25, 0.3) is 11.8 Å². The number of thiophene rings is 1. The molecule has 2 aromatic rings. The highest BCUT2D eigenvalue weighted by Crippen LogP contribution is 2.29. The van der Waals surface area contributed by atoms with Crippen LogP contribution in [0.2, 0.25) is 0 Å². The summed E-state index contributed by atoms with van der Waals surface area (Å²) in [7, 11) is 0.